The van der Waals surface area contributed by atoms with Crippen LogP contribution in [0.5, 0.6) is 0 Å². The van der Waals surface area contributed by atoms with Gasteiger partial charge in [-0.25, -0.2) is 4.98 Å². The van der Waals surface area contributed by atoms with Crippen LogP contribution in [-0.2, 0) is 38.5 Å². The lowest BCUT2D eigenvalue weighted by atomic mass is 10.4. The summed E-state index contributed by atoms with van der Waals surface area (Å²) in [5, 5.41) is 3.01. The Bertz CT molecular complexity index is 1080. The summed E-state index contributed by atoms with van der Waals surface area (Å²) in [7, 11) is -6.91. The van der Waals surface area contributed by atoms with E-state index in [1.54, 1.807) is 66.3 Å². The molecule has 0 aliphatic heterocycles. The zero-order chi connectivity index (χ0) is 28.0. The van der Waals surface area contributed by atoms with Crippen LogP contribution >= 0.6 is 15.2 Å². The maximum atomic E-state index is 13.2. The second-order valence-electron chi connectivity index (χ2n) is 9.78. The van der Waals surface area contributed by atoms with Gasteiger partial charge in [-0.15, -0.1) is 0 Å². The molecule has 0 aliphatic rings. The van der Waals surface area contributed by atoms with Gasteiger partial charge in [0.25, 0.3) is 0 Å². The van der Waals surface area contributed by atoms with Crippen LogP contribution in [0, 0.1) is 0 Å². The summed E-state index contributed by atoms with van der Waals surface area (Å²) in [5.41, 5.74) is 6.84. The fourth-order valence-corrected chi connectivity index (χ4v) is 7.13. The van der Waals surface area contributed by atoms with Crippen molar-refractivity contribution >= 4 is 38.1 Å². The lowest BCUT2D eigenvalue weighted by Crippen LogP contribution is -2.20. The highest BCUT2D eigenvalue weighted by Crippen LogP contribution is 2.51. The molecule has 1 atom stereocenters. The molecule has 13 nitrogen and oxygen atoms in total. The first-order valence-electron chi connectivity index (χ1n) is 12.4. The van der Waals surface area contributed by atoms with Gasteiger partial charge in [0.05, 0.1) is 43.4 Å². The van der Waals surface area contributed by atoms with E-state index in [4.69, 9.17) is 28.6 Å². The molecular weight excluding hydrogens is 522 g/mol. The molecule has 212 valence electrons. The smallest absolute Gasteiger partial charge is 0.356 e. The molecule has 15 heteroatoms. The summed E-state index contributed by atoms with van der Waals surface area (Å²) in [4.78, 5) is 13.0. The zero-order valence-electron chi connectivity index (χ0n) is 23.2. The molecule has 0 saturated heterocycles. The van der Waals surface area contributed by atoms with Gasteiger partial charge in [-0.3, -0.25) is 9.13 Å². The highest BCUT2D eigenvalue weighted by Gasteiger charge is 2.30. The number of hydrogen-bond donors (Lipinski definition) is 2. The van der Waals surface area contributed by atoms with E-state index in [-0.39, 0.29) is 49.1 Å². The number of rotatable bonds is 16. The van der Waals surface area contributed by atoms with Gasteiger partial charge in [-0.2, -0.15) is 9.97 Å². The molecule has 3 N–H and O–H groups in total. The zero-order valence-corrected chi connectivity index (χ0v) is 25.0. The molecule has 0 saturated carbocycles. The van der Waals surface area contributed by atoms with Gasteiger partial charge in [0.15, 0.2) is 17.0 Å². The Kier molecular flexibility index (Phi) is 11.5. The number of imidazole rings is 1. The standard InChI is InChI=1S/C22H42N6O7P2/c1-14(2)32-36(29,33-15(3)4)12-25-20-19-21(27-22(23)26-20)28(11-24-19)10-18(9)31-13-37(30,34-16(5)6)35-17(7)8/h11,14-18H,10,12-13H2,1-9H3,(H3,23,25,26,27)/t18-/m1/s1. The number of hydrogen-bond acceptors (Lipinski definition) is 12. The largest absolute Gasteiger partial charge is 0.368 e. The Morgan fingerprint density at radius 3 is 1.89 bits per heavy atom. The van der Waals surface area contributed by atoms with E-state index in [2.05, 4.69) is 20.3 Å². The summed E-state index contributed by atoms with van der Waals surface area (Å²) in [6.45, 7) is 16.4. The van der Waals surface area contributed by atoms with Crippen LogP contribution in [0.1, 0.15) is 62.3 Å². The summed E-state index contributed by atoms with van der Waals surface area (Å²) in [5.74, 6) is 0.310. The number of aromatic nitrogens is 4. The van der Waals surface area contributed by atoms with Crippen molar-refractivity contribution < 1.29 is 32.0 Å². The summed E-state index contributed by atoms with van der Waals surface area (Å²) >= 11 is 0. The van der Waals surface area contributed by atoms with Gasteiger partial charge < -0.3 is 38.4 Å². The molecule has 0 fully saturated rings. The van der Waals surface area contributed by atoms with E-state index < -0.39 is 15.2 Å². The maximum absolute atomic E-state index is 13.2. The number of ether oxygens (including phenoxy) is 1. The first kappa shape index (κ1) is 31.6. The van der Waals surface area contributed by atoms with E-state index in [0.29, 0.717) is 23.5 Å². The Hall–Kier alpha value is -1.59. The topological polar surface area (TPSA) is 162 Å². The van der Waals surface area contributed by atoms with Crippen LogP contribution in [0.4, 0.5) is 11.8 Å². The second kappa shape index (κ2) is 13.5. The van der Waals surface area contributed by atoms with E-state index >= 15 is 0 Å². The molecule has 0 amide bonds. The quantitative estimate of drug-likeness (QED) is 0.256. The molecular formula is C22H42N6O7P2. The third-order valence-corrected chi connectivity index (χ3v) is 8.36. The normalized spacial score (nSPS) is 14.0. The number of fused-ring (bicyclic) bond motifs is 1. The van der Waals surface area contributed by atoms with Crippen molar-refractivity contribution in [2.75, 3.05) is 23.7 Å². The van der Waals surface area contributed by atoms with Gasteiger partial charge in [-0.05, 0) is 62.3 Å². The maximum Gasteiger partial charge on any atom is 0.356 e. The minimum atomic E-state index is -3.47. The van der Waals surface area contributed by atoms with Gasteiger partial charge >= 0.3 is 15.2 Å². The first-order chi connectivity index (χ1) is 17.1. The van der Waals surface area contributed by atoms with Crippen LogP contribution in [0.15, 0.2) is 6.33 Å². The van der Waals surface area contributed by atoms with Gasteiger partial charge in [0.1, 0.15) is 12.6 Å². The van der Waals surface area contributed by atoms with Crippen LogP contribution in [0.25, 0.3) is 11.2 Å². The van der Waals surface area contributed by atoms with Crippen LogP contribution in [-0.4, -0.2) is 62.7 Å². The van der Waals surface area contributed by atoms with Gasteiger partial charge in [0, 0.05) is 0 Å². The molecule has 2 aromatic rings. The Balaban J connectivity index is 2.18. The fraction of sp³-hybridized carbons (Fsp3) is 0.773. The Morgan fingerprint density at radius 1 is 0.865 bits per heavy atom. The fourth-order valence-electron chi connectivity index (χ4n) is 3.41. The van der Waals surface area contributed by atoms with E-state index in [0.717, 1.165) is 0 Å². The molecule has 2 heterocycles. The van der Waals surface area contributed by atoms with Crippen LogP contribution < -0.4 is 11.1 Å². The lowest BCUT2D eigenvalue weighted by Gasteiger charge is -2.24. The van der Waals surface area contributed by atoms with Crippen molar-refractivity contribution in [1.82, 2.24) is 19.5 Å². The molecule has 0 unspecified atom stereocenters. The minimum absolute atomic E-state index is 0.00915. The molecule has 2 aromatic heterocycles. The average Bonchev–Trinajstić information content (AvgIpc) is 3.10. The van der Waals surface area contributed by atoms with E-state index in [1.807, 2.05) is 6.92 Å². The minimum Gasteiger partial charge on any atom is -0.368 e. The third kappa shape index (κ3) is 10.2. The number of nitrogens with one attached hydrogen (secondary N) is 1. The molecule has 0 bridgehead atoms. The molecule has 0 aliphatic carbocycles. The Labute approximate surface area is 219 Å². The summed E-state index contributed by atoms with van der Waals surface area (Å²) < 4.78 is 56.1. The highest BCUT2D eigenvalue weighted by atomic mass is 31.2. The number of nitrogen functional groups attached to an aromatic ring is 1. The monoisotopic (exact) mass is 564 g/mol. The van der Waals surface area contributed by atoms with E-state index in [9.17, 15) is 9.13 Å². The van der Waals surface area contributed by atoms with Crippen molar-refractivity contribution in [3.8, 4) is 0 Å². The van der Waals surface area contributed by atoms with Crippen molar-refractivity contribution in [2.24, 2.45) is 0 Å². The molecule has 0 aromatic carbocycles. The molecule has 37 heavy (non-hydrogen) atoms. The molecule has 0 spiro atoms. The second-order valence-corrected chi connectivity index (χ2v) is 13.6. The van der Waals surface area contributed by atoms with Crippen LogP contribution in [0.3, 0.4) is 0 Å². The van der Waals surface area contributed by atoms with Crippen molar-refractivity contribution in [2.45, 2.75) is 99.4 Å². The number of nitrogens with zero attached hydrogens (tertiary/aromatic N) is 4. The van der Waals surface area contributed by atoms with Gasteiger partial charge in [0.2, 0.25) is 5.95 Å². The third-order valence-electron chi connectivity index (χ3n) is 4.38. The predicted molar refractivity (Wildman–Crippen MR) is 144 cm³/mol. The SMILES string of the molecule is CC(C)OP(=O)(CNc1nc(N)nc2c1ncn2C[C@@H](C)OCP(=O)(OC(C)C)OC(C)C)OC(C)C. The predicted octanol–water partition coefficient (Wildman–Crippen LogP) is 5.23. The molecule has 2 rings (SSSR count). The van der Waals surface area contributed by atoms with Gasteiger partial charge in [-0.1, -0.05) is 0 Å². The van der Waals surface area contributed by atoms with Crippen LogP contribution in [0.2, 0.25) is 0 Å². The van der Waals surface area contributed by atoms with E-state index in [1.165, 1.54) is 0 Å². The summed E-state index contributed by atoms with van der Waals surface area (Å²) in [6.07, 6.45) is -0.274. The van der Waals surface area contributed by atoms with Crippen molar-refractivity contribution in [3.05, 3.63) is 6.33 Å². The lowest BCUT2D eigenvalue weighted by molar-refractivity contribution is 0.0549. The molecule has 0 radical (unpaired) electrons. The number of anilines is 2. The highest BCUT2D eigenvalue weighted by molar-refractivity contribution is 7.54. The number of nitrogens with two attached hydrogens (primary N) is 1. The summed E-state index contributed by atoms with van der Waals surface area (Å²) in [6, 6.07) is 0. The average molecular weight is 565 g/mol. The Morgan fingerprint density at radius 2 is 1.38 bits per heavy atom. The van der Waals surface area contributed by atoms with Crippen molar-refractivity contribution in [3.63, 3.8) is 0 Å². The van der Waals surface area contributed by atoms with Crippen molar-refractivity contribution in [1.29, 1.82) is 0 Å². The first-order valence-corrected chi connectivity index (χ1v) is 15.8.